The van der Waals surface area contributed by atoms with E-state index >= 15 is 0 Å². The van der Waals surface area contributed by atoms with E-state index in [0.717, 1.165) is 28.2 Å². The van der Waals surface area contributed by atoms with Crippen molar-refractivity contribution in [1.82, 2.24) is 15.3 Å². The number of nitrogens with one attached hydrogen (secondary N) is 2. The van der Waals surface area contributed by atoms with Crippen LogP contribution < -0.4 is 16.4 Å². The third-order valence-corrected chi connectivity index (χ3v) is 4.12. The molecule has 3 aromatic rings. The highest BCUT2D eigenvalue weighted by Crippen LogP contribution is 2.26. The van der Waals surface area contributed by atoms with Crippen molar-refractivity contribution in [3.05, 3.63) is 78.5 Å². The number of aromatic nitrogens is 2. The minimum absolute atomic E-state index is 0.142. The van der Waals surface area contributed by atoms with E-state index in [-0.39, 0.29) is 5.91 Å². The van der Waals surface area contributed by atoms with Gasteiger partial charge >= 0.3 is 0 Å². The summed E-state index contributed by atoms with van der Waals surface area (Å²) in [6.45, 7) is 5.98. The van der Waals surface area contributed by atoms with Crippen LogP contribution in [0.3, 0.4) is 0 Å². The molecule has 136 valence electrons. The first-order valence-corrected chi connectivity index (χ1v) is 8.53. The summed E-state index contributed by atoms with van der Waals surface area (Å²) in [6.07, 6.45) is 3.34. The van der Waals surface area contributed by atoms with Crippen molar-refractivity contribution < 1.29 is 4.79 Å². The van der Waals surface area contributed by atoms with Crippen molar-refractivity contribution in [1.29, 1.82) is 0 Å². The maximum atomic E-state index is 11.9. The predicted molar refractivity (Wildman–Crippen MR) is 109 cm³/mol. The molecule has 0 radical (unpaired) electrons. The third kappa shape index (κ3) is 4.30. The summed E-state index contributed by atoms with van der Waals surface area (Å²) >= 11 is 0. The number of nitrogen functional groups attached to an aromatic ring is 1. The molecule has 27 heavy (non-hydrogen) atoms. The van der Waals surface area contributed by atoms with E-state index in [1.165, 1.54) is 0 Å². The lowest BCUT2D eigenvalue weighted by Gasteiger charge is -2.10. The maximum absolute atomic E-state index is 11.9. The second kappa shape index (κ2) is 8.14. The largest absolute Gasteiger partial charge is 0.398 e. The number of hydrogen-bond acceptors (Lipinski definition) is 5. The molecule has 0 spiro atoms. The van der Waals surface area contributed by atoms with E-state index in [9.17, 15) is 4.79 Å². The fourth-order valence-corrected chi connectivity index (χ4v) is 2.60. The molecular formula is C21H21N5O. The van der Waals surface area contributed by atoms with Crippen LogP contribution in [0.25, 0.3) is 11.3 Å². The number of nitrogens with two attached hydrogens (primary N) is 1. The molecule has 0 aliphatic heterocycles. The fourth-order valence-electron chi connectivity index (χ4n) is 2.60. The van der Waals surface area contributed by atoms with Crippen molar-refractivity contribution in [2.45, 2.75) is 6.92 Å². The second-order valence-corrected chi connectivity index (χ2v) is 5.99. The highest BCUT2D eigenvalue weighted by Gasteiger charge is 2.08. The van der Waals surface area contributed by atoms with Crippen LogP contribution in [0.4, 0.5) is 17.3 Å². The van der Waals surface area contributed by atoms with Gasteiger partial charge < -0.3 is 16.4 Å². The molecule has 0 fully saturated rings. The Morgan fingerprint density at radius 3 is 2.70 bits per heavy atom. The summed E-state index contributed by atoms with van der Waals surface area (Å²) in [4.78, 5) is 20.8. The summed E-state index contributed by atoms with van der Waals surface area (Å²) in [6, 6.07) is 14.7. The Bertz CT molecular complexity index is 967. The Kier molecular flexibility index (Phi) is 5.47. The quantitative estimate of drug-likeness (QED) is 0.461. The van der Waals surface area contributed by atoms with E-state index < -0.39 is 0 Å². The molecule has 6 heteroatoms. The van der Waals surface area contributed by atoms with Crippen LogP contribution in [0.15, 0.2) is 67.4 Å². The SMILES string of the molecule is C=CCNC(=O)c1ccc(Nc2nccc(-c3cccc(N)c3C)n2)cc1. The number of carbonyl (C=O) groups is 1. The minimum Gasteiger partial charge on any atom is -0.398 e. The zero-order valence-corrected chi connectivity index (χ0v) is 15.1. The number of rotatable bonds is 6. The number of amides is 1. The van der Waals surface area contributed by atoms with Gasteiger partial charge in [0.15, 0.2) is 0 Å². The molecule has 0 bridgehead atoms. The molecule has 0 unspecified atom stereocenters. The van der Waals surface area contributed by atoms with Gasteiger partial charge in [0.25, 0.3) is 5.91 Å². The highest BCUT2D eigenvalue weighted by atomic mass is 16.1. The van der Waals surface area contributed by atoms with Crippen LogP contribution in [0, 0.1) is 6.92 Å². The molecule has 6 nitrogen and oxygen atoms in total. The molecule has 1 amide bonds. The van der Waals surface area contributed by atoms with Crippen LogP contribution in [0.2, 0.25) is 0 Å². The van der Waals surface area contributed by atoms with Crippen LogP contribution in [-0.2, 0) is 0 Å². The van der Waals surface area contributed by atoms with E-state index in [1.54, 1.807) is 24.4 Å². The molecule has 3 rings (SSSR count). The van der Waals surface area contributed by atoms with Crippen molar-refractivity contribution in [2.75, 3.05) is 17.6 Å². The molecule has 1 aromatic heterocycles. The van der Waals surface area contributed by atoms with E-state index in [1.807, 2.05) is 43.3 Å². The average Bonchev–Trinajstić information content (AvgIpc) is 2.69. The normalized spacial score (nSPS) is 10.3. The monoisotopic (exact) mass is 359 g/mol. The van der Waals surface area contributed by atoms with Crippen LogP contribution in [0.1, 0.15) is 15.9 Å². The second-order valence-electron chi connectivity index (χ2n) is 5.99. The third-order valence-electron chi connectivity index (χ3n) is 4.12. The highest BCUT2D eigenvalue weighted by molar-refractivity contribution is 5.94. The van der Waals surface area contributed by atoms with Crippen molar-refractivity contribution in [3.63, 3.8) is 0 Å². The molecule has 0 aliphatic rings. The molecule has 0 saturated carbocycles. The topological polar surface area (TPSA) is 92.9 Å². The summed E-state index contributed by atoms with van der Waals surface area (Å²) < 4.78 is 0. The van der Waals surface area contributed by atoms with Gasteiger partial charge in [-0.25, -0.2) is 9.97 Å². The molecular weight excluding hydrogens is 338 g/mol. The van der Waals surface area contributed by atoms with Gasteiger partial charge in [0.1, 0.15) is 0 Å². The number of hydrogen-bond donors (Lipinski definition) is 3. The number of nitrogens with zero attached hydrogens (tertiary/aromatic N) is 2. The predicted octanol–water partition coefficient (Wildman–Crippen LogP) is 3.69. The lowest BCUT2D eigenvalue weighted by atomic mass is 10.0. The summed E-state index contributed by atoms with van der Waals surface area (Å²) in [7, 11) is 0. The lowest BCUT2D eigenvalue weighted by molar-refractivity contribution is 0.0958. The van der Waals surface area contributed by atoms with E-state index in [2.05, 4.69) is 27.2 Å². The molecule has 1 heterocycles. The number of benzene rings is 2. The molecule has 4 N–H and O–H groups in total. The number of carbonyl (C=O) groups excluding carboxylic acids is 1. The van der Waals surface area contributed by atoms with E-state index in [4.69, 9.17) is 5.73 Å². The molecule has 2 aromatic carbocycles. The van der Waals surface area contributed by atoms with Crippen molar-refractivity contribution in [3.8, 4) is 11.3 Å². The molecule has 0 saturated heterocycles. The summed E-state index contributed by atoms with van der Waals surface area (Å²) in [5, 5.41) is 5.90. The van der Waals surface area contributed by atoms with Gasteiger partial charge in [0.2, 0.25) is 5.95 Å². The average molecular weight is 359 g/mol. The van der Waals surface area contributed by atoms with E-state index in [0.29, 0.717) is 18.1 Å². The summed E-state index contributed by atoms with van der Waals surface area (Å²) in [5.41, 5.74) is 10.8. The Morgan fingerprint density at radius 1 is 1.19 bits per heavy atom. The van der Waals surface area contributed by atoms with Gasteiger partial charge in [-0.1, -0.05) is 18.2 Å². The molecule has 0 atom stereocenters. The van der Waals surface area contributed by atoms with Gasteiger partial charge in [-0.05, 0) is 48.9 Å². The summed E-state index contributed by atoms with van der Waals surface area (Å²) in [5.74, 6) is 0.329. The van der Waals surface area contributed by atoms with Gasteiger partial charge in [0.05, 0.1) is 5.69 Å². The van der Waals surface area contributed by atoms with Crippen molar-refractivity contribution >= 4 is 23.2 Å². The Labute approximate surface area is 158 Å². The van der Waals surface area contributed by atoms with Crippen molar-refractivity contribution in [2.24, 2.45) is 0 Å². The Hall–Kier alpha value is -3.67. The maximum Gasteiger partial charge on any atom is 0.251 e. The first kappa shape index (κ1) is 18.1. The molecule has 0 aliphatic carbocycles. The zero-order chi connectivity index (χ0) is 19.2. The van der Waals surface area contributed by atoms with Gasteiger partial charge in [-0.3, -0.25) is 4.79 Å². The first-order chi connectivity index (χ1) is 13.1. The van der Waals surface area contributed by atoms with Gasteiger partial charge in [0, 0.05) is 35.2 Å². The minimum atomic E-state index is -0.142. The smallest absolute Gasteiger partial charge is 0.251 e. The van der Waals surface area contributed by atoms with Gasteiger partial charge in [-0.2, -0.15) is 0 Å². The van der Waals surface area contributed by atoms with Crippen LogP contribution in [0.5, 0.6) is 0 Å². The lowest BCUT2D eigenvalue weighted by Crippen LogP contribution is -2.22. The Morgan fingerprint density at radius 2 is 1.96 bits per heavy atom. The van der Waals surface area contributed by atoms with Gasteiger partial charge in [-0.15, -0.1) is 6.58 Å². The zero-order valence-electron chi connectivity index (χ0n) is 15.1. The van der Waals surface area contributed by atoms with Crippen LogP contribution in [-0.4, -0.2) is 22.4 Å². The standard InChI is InChI=1S/C21H21N5O/c1-3-12-23-20(27)15-7-9-16(10-8-15)25-21-24-13-11-19(26-21)17-5-4-6-18(22)14(17)2/h3-11,13H,1,12,22H2,2H3,(H,23,27)(H,24,25,26). The fraction of sp³-hybridized carbons (Fsp3) is 0.0952. The number of anilines is 3. The van der Waals surface area contributed by atoms with Crippen LogP contribution >= 0.6 is 0 Å². The first-order valence-electron chi connectivity index (χ1n) is 8.53. The Balaban J connectivity index is 1.77.